The van der Waals surface area contributed by atoms with E-state index < -0.39 is 33.2 Å². The monoisotopic (exact) mass is 695 g/mol. The molecule has 193 valence electrons. The molecule has 0 saturated heterocycles. The fourth-order valence-electron chi connectivity index (χ4n) is 9.01. The molecule has 0 aromatic carbocycles. The molecule has 0 heterocycles. The van der Waals surface area contributed by atoms with Crippen LogP contribution in [0.3, 0.4) is 0 Å². The van der Waals surface area contributed by atoms with Crippen LogP contribution >= 0.6 is 30.8 Å². The van der Waals surface area contributed by atoms with Crippen molar-refractivity contribution in [2.24, 2.45) is 0 Å². The van der Waals surface area contributed by atoms with E-state index in [0.717, 1.165) is 0 Å². The van der Waals surface area contributed by atoms with E-state index in [-0.39, 0.29) is 0 Å². The third kappa shape index (κ3) is 3.60. The van der Waals surface area contributed by atoms with Crippen molar-refractivity contribution < 1.29 is 11.7 Å². The van der Waals surface area contributed by atoms with Gasteiger partial charge in [0.25, 0.3) is 0 Å². The first kappa shape index (κ1) is 32.7. The van der Waals surface area contributed by atoms with Crippen LogP contribution in [0.2, 0.25) is 0 Å². The molecule has 0 aliphatic heterocycles. The molecular formula is C24H64ClP4W. The van der Waals surface area contributed by atoms with Gasteiger partial charge < -0.3 is 0 Å². The molecule has 0 rings (SSSR count). The average molecular weight is 696 g/mol. The summed E-state index contributed by atoms with van der Waals surface area (Å²) in [5.74, 6) is 0. The molecule has 0 atom stereocenters. The predicted octanol–water partition coefficient (Wildman–Crippen LogP) is 9.73. The molecule has 6 heteroatoms. The second-order valence-electron chi connectivity index (χ2n) is 9.90. The van der Waals surface area contributed by atoms with Crippen molar-refractivity contribution >= 4 is 30.8 Å². The van der Waals surface area contributed by atoms with E-state index in [4.69, 9.17) is 0 Å². The van der Waals surface area contributed by atoms with E-state index in [1.54, 1.807) is 0 Å². The Morgan fingerprint density at radius 3 is 0.500 bits per heavy atom. The van der Waals surface area contributed by atoms with E-state index >= 15 is 0 Å². The Morgan fingerprint density at radius 1 is 0.333 bits per heavy atom. The van der Waals surface area contributed by atoms with Crippen LogP contribution in [0, 0.1) is 0 Å². The summed E-state index contributed by atoms with van der Waals surface area (Å²) in [6, 6.07) is 0. The molecule has 0 radical (unpaired) electrons. The molecule has 0 aliphatic rings. The van der Waals surface area contributed by atoms with Gasteiger partial charge in [0.05, 0.1) is 0 Å². The first-order chi connectivity index (χ1) is 14.1. The molecule has 0 fully saturated rings. The zero-order chi connectivity index (χ0) is 23.9. The van der Waals surface area contributed by atoms with Crippen molar-refractivity contribution in [3.05, 3.63) is 0 Å². The van der Waals surface area contributed by atoms with Crippen molar-refractivity contribution in [2.75, 3.05) is 73.9 Å². The summed E-state index contributed by atoms with van der Waals surface area (Å²) in [6.45, 7) is 31.6. The van der Waals surface area contributed by atoms with Crippen molar-refractivity contribution in [1.82, 2.24) is 0 Å². The maximum absolute atomic E-state index is 9.55. The zero-order valence-electron chi connectivity index (χ0n) is 23.3. The summed E-state index contributed by atoms with van der Waals surface area (Å²) in [4.78, 5) is 0. The van der Waals surface area contributed by atoms with Gasteiger partial charge in [-0.05, 0) is 0 Å². The van der Waals surface area contributed by atoms with Crippen LogP contribution < -0.4 is 0 Å². The van der Waals surface area contributed by atoms with Gasteiger partial charge >= 0.3 is 200 Å². The Labute approximate surface area is 198 Å². The van der Waals surface area contributed by atoms with E-state index in [9.17, 15) is 9.42 Å². The minimum atomic E-state index is -3.78. The number of hydrogen-bond acceptors (Lipinski definition) is 0. The van der Waals surface area contributed by atoms with Gasteiger partial charge in [-0.1, -0.05) is 0 Å². The van der Waals surface area contributed by atoms with Crippen LogP contribution in [0.4, 0.5) is 0 Å². The quantitative estimate of drug-likeness (QED) is 0.141. The Morgan fingerprint density at radius 2 is 0.433 bits per heavy atom. The number of halogens is 1. The normalized spacial score (nSPS) is 18.0. The molecule has 30 heavy (non-hydrogen) atoms. The standard InChI is InChI=1S/4C6H15P.ClH.W/c4*1-4-7(5-2)6-3;;/h4*4-6H2,1-3H3;1H;/q;;;;;-3/p+3. The van der Waals surface area contributed by atoms with Crippen LogP contribution in [0.1, 0.15) is 83.1 Å². The molecule has 0 bridgehead atoms. The maximum atomic E-state index is 9.55. The molecule has 0 nitrogen and oxygen atoms in total. The summed E-state index contributed by atoms with van der Waals surface area (Å²) in [6.07, 6.45) is 18.1. The third-order valence-corrected chi connectivity index (χ3v) is 300. The summed E-state index contributed by atoms with van der Waals surface area (Å²) in [7, 11) is 9.55. The predicted molar refractivity (Wildman–Crippen MR) is 166 cm³/mol. The summed E-state index contributed by atoms with van der Waals surface area (Å²) in [5, 5.41) is -6.23. The van der Waals surface area contributed by atoms with E-state index in [0.29, 0.717) is 0 Å². The Balaban J connectivity index is 8.61. The molecule has 0 aromatic rings. The first-order valence-electron chi connectivity index (χ1n) is 13.7. The van der Waals surface area contributed by atoms with Gasteiger partial charge in [-0.15, -0.1) is 0 Å². The van der Waals surface area contributed by atoms with Gasteiger partial charge in [-0.2, -0.15) is 0 Å². The molecule has 0 amide bonds. The SMILES string of the molecule is CC[PH](CC)(CC)[W]([Cl])([PH](CC)(CC)CC)([PH](CC)(CC)CC)[PH](CC)(CC)CC. The van der Waals surface area contributed by atoms with Crippen LogP contribution in [-0.4, -0.2) is 73.9 Å². The fourth-order valence-corrected chi connectivity index (χ4v) is 452. The number of rotatable bonds is 16. The Hall–Kier alpha value is 2.70. The van der Waals surface area contributed by atoms with Crippen molar-refractivity contribution in [2.45, 2.75) is 83.1 Å². The van der Waals surface area contributed by atoms with Crippen LogP contribution in [0.5, 0.6) is 0 Å². The molecule has 0 saturated carbocycles. The second-order valence-corrected chi connectivity index (χ2v) is 132. The summed E-state index contributed by atoms with van der Waals surface area (Å²) in [5.41, 5.74) is 0. The van der Waals surface area contributed by atoms with Crippen molar-refractivity contribution in [3.63, 3.8) is 0 Å². The van der Waals surface area contributed by atoms with Gasteiger partial charge in [0.15, 0.2) is 0 Å². The van der Waals surface area contributed by atoms with Gasteiger partial charge in [-0.25, -0.2) is 0 Å². The molecule has 0 unspecified atom stereocenters. The van der Waals surface area contributed by atoms with Gasteiger partial charge in [0, 0.05) is 0 Å². The summed E-state index contributed by atoms with van der Waals surface area (Å²) < 4.78 is 0. The molecule has 0 N–H and O–H groups in total. The van der Waals surface area contributed by atoms with Crippen LogP contribution in [0.15, 0.2) is 0 Å². The van der Waals surface area contributed by atoms with Gasteiger partial charge in [0.2, 0.25) is 0 Å². The second kappa shape index (κ2) is 12.6. The number of hydrogen-bond donors (Lipinski definition) is 0. The molecule has 0 aliphatic carbocycles. The molecular weight excluding hydrogens is 631 g/mol. The van der Waals surface area contributed by atoms with E-state index in [2.05, 4.69) is 83.1 Å². The minimum absolute atomic E-state index is 1.51. The van der Waals surface area contributed by atoms with Crippen LogP contribution in [0.25, 0.3) is 0 Å². The first-order valence-corrected chi connectivity index (χ1v) is 45.1. The van der Waals surface area contributed by atoms with Crippen molar-refractivity contribution in [3.8, 4) is 0 Å². The third-order valence-electron chi connectivity index (χ3n) is 11.0. The van der Waals surface area contributed by atoms with Gasteiger partial charge in [-0.3, -0.25) is 0 Å². The molecule has 0 spiro atoms. The average Bonchev–Trinajstić information content (AvgIpc) is 2.80. The van der Waals surface area contributed by atoms with Crippen molar-refractivity contribution in [1.29, 1.82) is 0 Å². The fraction of sp³-hybridized carbons (Fsp3) is 1.00. The summed E-state index contributed by atoms with van der Waals surface area (Å²) >= 11 is -3.78. The Bertz CT molecular complexity index is 385. The topological polar surface area (TPSA) is 0 Å². The molecule has 0 aromatic heterocycles. The van der Waals surface area contributed by atoms with E-state index in [1.807, 2.05) is 0 Å². The zero-order valence-corrected chi connectivity index (χ0v) is 31.0. The van der Waals surface area contributed by atoms with E-state index in [1.165, 1.54) is 73.9 Å². The Kier molecular flexibility index (Phi) is 13.7. The van der Waals surface area contributed by atoms with Crippen LogP contribution in [-0.2, 0) is 11.7 Å². The van der Waals surface area contributed by atoms with Gasteiger partial charge in [0.1, 0.15) is 0 Å².